The maximum absolute atomic E-state index is 13.1. The lowest BCUT2D eigenvalue weighted by Crippen LogP contribution is -2.15. The van der Waals surface area contributed by atoms with E-state index in [0.717, 1.165) is 0 Å². The Hall–Kier alpha value is -2.98. The molecule has 0 heterocycles. The Morgan fingerprint density at radius 2 is 1.52 bits per heavy atom. The van der Waals surface area contributed by atoms with E-state index in [4.69, 9.17) is 11.6 Å². The van der Waals surface area contributed by atoms with Crippen LogP contribution in [0.25, 0.3) is 0 Å². The molecule has 0 radical (unpaired) electrons. The Morgan fingerprint density at radius 3 is 2.20 bits per heavy atom. The maximum Gasteiger partial charge on any atom is 0.255 e. The van der Waals surface area contributed by atoms with Gasteiger partial charge in [-0.1, -0.05) is 29.8 Å². The second-order valence-corrected chi connectivity index (χ2v) is 5.78. The normalized spacial score (nSPS) is 10.3. The van der Waals surface area contributed by atoms with Gasteiger partial charge in [0.05, 0.1) is 5.69 Å². The number of nitrogens with one attached hydrogen (secondary N) is 1. The lowest BCUT2D eigenvalue weighted by molar-refractivity contribution is 0.102. The summed E-state index contributed by atoms with van der Waals surface area (Å²) in [7, 11) is 0. The maximum atomic E-state index is 13.1. The van der Waals surface area contributed by atoms with Crippen molar-refractivity contribution >= 4 is 29.0 Å². The Labute approximate surface area is 149 Å². The van der Waals surface area contributed by atoms with Crippen molar-refractivity contribution in [3.05, 3.63) is 100 Å². The van der Waals surface area contributed by atoms with Gasteiger partial charge in [0.25, 0.3) is 5.91 Å². The third-order valence-corrected chi connectivity index (χ3v) is 3.85. The SMILES string of the molecule is O=C(Nc1cc(Cl)ccc1C(=O)c1ccc(F)cc1)c1ccccc1. The molecule has 0 aliphatic rings. The largest absolute Gasteiger partial charge is 0.321 e. The molecule has 0 spiro atoms. The van der Waals surface area contributed by atoms with E-state index in [2.05, 4.69) is 5.32 Å². The molecule has 3 rings (SSSR count). The van der Waals surface area contributed by atoms with E-state index in [-0.39, 0.29) is 17.3 Å². The van der Waals surface area contributed by atoms with Gasteiger partial charge in [0, 0.05) is 21.7 Å². The fourth-order valence-electron chi connectivity index (χ4n) is 2.36. The highest BCUT2D eigenvalue weighted by molar-refractivity contribution is 6.31. The molecule has 25 heavy (non-hydrogen) atoms. The van der Waals surface area contributed by atoms with Gasteiger partial charge in [-0.2, -0.15) is 0 Å². The lowest BCUT2D eigenvalue weighted by Gasteiger charge is -2.11. The predicted molar refractivity (Wildman–Crippen MR) is 95.7 cm³/mol. The summed E-state index contributed by atoms with van der Waals surface area (Å²) in [6, 6.07) is 18.5. The van der Waals surface area contributed by atoms with Crippen molar-refractivity contribution in [1.82, 2.24) is 0 Å². The third kappa shape index (κ3) is 3.92. The quantitative estimate of drug-likeness (QED) is 0.674. The molecule has 1 amide bonds. The molecule has 0 aliphatic heterocycles. The first-order valence-electron chi connectivity index (χ1n) is 7.51. The first-order chi connectivity index (χ1) is 12.0. The number of anilines is 1. The van der Waals surface area contributed by atoms with Gasteiger partial charge >= 0.3 is 0 Å². The smallest absolute Gasteiger partial charge is 0.255 e. The van der Waals surface area contributed by atoms with Crippen LogP contribution in [0.3, 0.4) is 0 Å². The average molecular weight is 354 g/mol. The van der Waals surface area contributed by atoms with Crippen molar-refractivity contribution in [3.63, 3.8) is 0 Å². The topological polar surface area (TPSA) is 46.2 Å². The van der Waals surface area contributed by atoms with Crippen molar-refractivity contribution in [3.8, 4) is 0 Å². The van der Waals surface area contributed by atoms with E-state index in [1.807, 2.05) is 0 Å². The number of carbonyl (C=O) groups is 2. The molecule has 3 nitrogen and oxygen atoms in total. The van der Waals surface area contributed by atoms with Gasteiger partial charge in [-0.3, -0.25) is 9.59 Å². The molecule has 0 aliphatic carbocycles. The first-order valence-corrected chi connectivity index (χ1v) is 7.88. The summed E-state index contributed by atoms with van der Waals surface area (Å²) in [6.07, 6.45) is 0. The van der Waals surface area contributed by atoms with E-state index in [9.17, 15) is 14.0 Å². The number of amides is 1. The molecule has 0 unspecified atom stereocenters. The van der Waals surface area contributed by atoms with Gasteiger partial charge in [-0.25, -0.2) is 4.39 Å². The van der Waals surface area contributed by atoms with Crippen molar-refractivity contribution < 1.29 is 14.0 Å². The molecular weight excluding hydrogens is 341 g/mol. The van der Waals surface area contributed by atoms with E-state index < -0.39 is 5.82 Å². The summed E-state index contributed by atoms with van der Waals surface area (Å²) in [6.45, 7) is 0. The van der Waals surface area contributed by atoms with Crippen LogP contribution in [0.1, 0.15) is 26.3 Å². The van der Waals surface area contributed by atoms with Gasteiger partial charge < -0.3 is 5.32 Å². The highest BCUT2D eigenvalue weighted by atomic mass is 35.5. The van der Waals surface area contributed by atoms with Gasteiger partial charge in [0.2, 0.25) is 0 Å². The highest BCUT2D eigenvalue weighted by Gasteiger charge is 2.16. The van der Waals surface area contributed by atoms with E-state index >= 15 is 0 Å². The van der Waals surface area contributed by atoms with Crippen molar-refractivity contribution in [2.24, 2.45) is 0 Å². The van der Waals surface area contributed by atoms with Crippen LogP contribution in [0, 0.1) is 5.82 Å². The summed E-state index contributed by atoms with van der Waals surface area (Å²) in [5, 5.41) is 3.10. The minimum Gasteiger partial charge on any atom is -0.321 e. The number of rotatable bonds is 4. The van der Waals surface area contributed by atoms with Crippen LogP contribution in [-0.2, 0) is 0 Å². The fourth-order valence-corrected chi connectivity index (χ4v) is 2.53. The minimum absolute atomic E-state index is 0.278. The summed E-state index contributed by atoms with van der Waals surface area (Å²) < 4.78 is 13.1. The number of ketones is 1. The summed E-state index contributed by atoms with van der Waals surface area (Å²) in [5.41, 5.74) is 1.36. The third-order valence-electron chi connectivity index (χ3n) is 3.62. The number of hydrogen-bond acceptors (Lipinski definition) is 2. The van der Waals surface area contributed by atoms with Crippen LogP contribution in [0.2, 0.25) is 5.02 Å². The van der Waals surface area contributed by atoms with Gasteiger partial charge in [0.1, 0.15) is 5.82 Å². The van der Waals surface area contributed by atoms with Crippen LogP contribution >= 0.6 is 11.6 Å². The summed E-state index contributed by atoms with van der Waals surface area (Å²) >= 11 is 6.01. The molecule has 5 heteroatoms. The van der Waals surface area contributed by atoms with Crippen molar-refractivity contribution in [2.45, 2.75) is 0 Å². The van der Waals surface area contributed by atoms with Gasteiger partial charge in [0.15, 0.2) is 5.78 Å². The fraction of sp³-hybridized carbons (Fsp3) is 0. The Morgan fingerprint density at radius 1 is 0.840 bits per heavy atom. The molecule has 124 valence electrons. The summed E-state index contributed by atoms with van der Waals surface area (Å²) in [4.78, 5) is 25.1. The second kappa shape index (κ2) is 7.28. The van der Waals surface area contributed by atoms with Crippen LogP contribution in [-0.4, -0.2) is 11.7 Å². The van der Waals surface area contributed by atoms with Crippen molar-refractivity contribution in [2.75, 3.05) is 5.32 Å². The zero-order valence-electron chi connectivity index (χ0n) is 13.0. The number of benzene rings is 3. The van der Waals surface area contributed by atoms with Gasteiger partial charge in [-0.05, 0) is 54.6 Å². The first kappa shape index (κ1) is 16.9. The summed E-state index contributed by atoms with van der Waals surface area (Å²) in [5.74, 6) is -1.11. The molecule has 0 saturated heterocycles. The molecule has 1 N–H and O–H groups in total. The standard InChI is InChI=1S/C20H13ClFNO2/c21-15-8-11-17(19(24)13-6-9-16(22)10-7-13)18(12-15)23-20(25)14-4-2-1-3-5-14/h1-12H,(H,23,25). The molecule has 0 atom stereocenters. The highest BCUT2D eigenvalue weighted by Crippen LogP contribution is 2.24. The number of hydrogen-bond donors (Lipinski definition) is 1. The Kier molecular flexibility index (Phi) is 4.91. The molecule has 0 bridgehead atoms. The molecular formula is C20H13ClFNO2. The predicted octanol–water partition coefficient (Wildman–Crippen LogP) is 4.96. The molecule has 0 aromatic heterocycles. The number of carbonyl (C=O) groups excluding carboxylic acids is 2. The zero-order valence-corrected chi connectivity index (χ0v) is 13.8. The molecule has 3 aromatic carbocycles. The van der Waals surface area contributed by atoms with Crippen LogP contribution in [0.4, 0.5) is 10.1 Å². The van der Waals surface area contributed by atoms with Crippen LogP contribution in [0.5, 0.6) is 0 Å². The monoisotopic (exact) mass is 353 g/mol. The Balaban J connectivity index is 1.94. The minimum atomic E-state index is -0.426. The van der Waals surface area contributed by atoms with E-state index in [1.165, 1.54) is 36.4 Å². The van der Waals surface area contributed by atoms with E-state index in [0.29, 0.717) is 21.8 Å². The van der Waals surface area contributed by atoms with Crippen LogP contribution in [0.15, 0.2) is 72.8 Å². The van der Waals surface area contributed by atoms with E-state index in [1.54, 1.807) is 36.4 Å². The molecule has 3 aromatic rings. The van der Waals surface area contributed by atoms with Crippen LogP contribution < -0.4 is 5.32 Å². The Bertz CT molecular complexity index is 924. The zero-order chi connectivity index (χ0) is 17.8. The van der Waals surface area contributed by atoms with Gasteiger partial charge in [-0.15, -0.1) is 0 Å². The number of halogens is 2. The molecule has 0 saturated carbocycles. The van der Waals surface area contributed by atoms with Crippen molar-refractivity contribution in [1.29, 1.82) is 0 Å². The average Bonchev–Trinajstić information content (AvgIpc) is 2.63. The lowest BCUT2D eigenvalue weighted by atomic mass is 10.0. The second-order valence-electron chi connectivity index (χ2n) is 5.35. The molecule has 0 fully saturated rings.